The Balaban J connectivity index is 2.20. The van der Waals surface area contributed by atoms with Gasteiger partial charge in [0.1, 0.15) is 0 Å². The molecule has 1 aliphatic heterocycles. The Labute approximate surface area is 112 Å². The lowest BCUT2D eigenvalue weighted by atomic mass is 9.74. The van der Waals surface area contributed by atoms with Crippen LogP contribution in [-0.4, -0.2) is 0 Å². The number of allylic oxidation sites excluding steroid dienone is 2. The molecule has 2 aromatic rings. The monoisotopic (exact) mass is 250 g/mol. The van der Waals surface area contributed by atoms with Gasteiger partial charge in [-0.1, -0.05) is 72.8 Å². The molecule has 88 valence electrons. The minimum atomic E-state index is -0.117. The summed E-state index contributed by atoms with van der Waals surface area (Å²) in [7, 11) is 0. The van der Waals surface area contributed by atoms with Gasteiger partial charge in [0.15, 0.2) is 0 Å². The molecule has 0 radical (unpaired) electrons. The first kappa shape index (κ1) is 11.4. The van der Waals surface area contributed by atoms with Crippen LogP contribution in [-0.2, 0) is 5.41 Å². The summed E-state index contributed by atoms with van der Waals surface area (Å²) < 4.78 is 0. The molecule has 1 aliphatic rings. The van der Waals surface area contributed by atoms with Gasteiger partial charge in [0.05, 0.1) is 5.41 Å². The number of hydrogen-bond donors (Lipinski definition) is 0. The second-order valence-corrected chi connectivity index (χ2v) is 5.16. The highest BCUT2D eigenvalue weighted by molar-refractivity contribution is 8.04. The number of hydrogen-bond acceptors (Lipinski definition) is 1. The third-order valence-electron chi connectivity index (χ3n) is 3.32. The molecule has 0 unspecified atom stereocenters. The average molecular weight is 250 g/mol. The summed E-state index contributed by atoms with van der Waals surface area (Å²) in [6.45, 7) is 0. The largest absolute Gasteiger partial charge is 0.107 e. The van der Waals surface area contributed by atoms with E-state index in [4.69, 9.17) is 0 Å². The highest BCUT2D eigenvalue weighted by atomic mass is 32.2. The van der Waals surface area contributed by atoms with Gasteiger partial charge in [-0.25, -0.2) is 0 Å². The molecule has 0 aromatic heterocycles. The van der Waals surface area contributed by atoms with Gasteiger partial charge >= 0.3 is 0 Å². The fourth-order valence-electron chi connectivity index (χ4n) is 2.37. The summed E-state index contributed by atoms with van der Waals surface area (Å²) in [5, 5.41) is 4.33. The summed E-state index contributed by atoms with van der Waals surface area (Å²) in [6.07, 6.45) is 4.56. The van der Waals surface area contributed by atoms with Gasteiger partial charge in [-0.15, -0.1) is 11.8 Å². The van der Waals surface area contributed by atoms with Crippen molar-refractivity contribution in [2.24, 2.45) is 0 Å². The normalized spacial score (nSPS) is 16.7. The van der Waals surface area contributed by atoms with Gasteiger partial charge in [-0.2, -0.15) is 0 Å². The molecule has 18 heavy (non-hydrogen) atoms. The predicted octanol–water partition coefficient (Wildman–Crippen LogP) is 4.75. The third-order valence-corrected chi connectivity index (χ3v) is 3.91. The quantitative estimate of drug-likeness (QED) is 0.741. The van der Waals surface area contributed by atoms with Crippen molar-refractivity contribution in [1.29, 1.82) is 0 Å². The van der Waals surface area contributed by atoms with Crippen molar-refractivity contribution in [1.82, 2.24) is 0 Å². The average Bonchev–Trinajstić information content (AvgIpc) is 2.50. The van der Waals surface area contributed by atoms with E-state index in [1.807, 2.05) is 0 Å². The third kappa shape index (κ3) is 1.91. The molecule has 3 rings (SSSR count). The zero-order valence-electron chi connectivity index (χ0n) is 9.99. The summed E-state index contributed by atoms with van der Waals surface area (Å²) >= 11 is 1.73. The molecule has 0 aliphatic carbocycles. The van der Waals surface area contributed by atoms with Gasteiger partial charge in [0.25, 0.3) is 0 Å². The molecule has 0 atom stereocenters. The number of rotatable bonds is 2. The lowest BCUT2D eigenvalue weighted by molar-refractivity contribution is 0.816. The summed E-state index contributed by atoms with van der Waals surface area (Å²) in [5.41, 5.74) is 2.50. The van der Waals surface area contributed by atoms with Crippen LogP contribution in [0.3, 0.4) is 0 Å². The Morgan fingerprint density at radius 3 is 1.50 bits per heavy atom. The predicted molar refractivity (Wildman–Crippen MR) is 79.5 cm³/mol. The van der Waals surface area contributed by atoms with E-state index in [2.05, 4.69) is 83.6 Å². The van der Waals surface area contributed by atoms with Crippen LogP contribution in [0.1, 0.15) is 11.1 Å². The first-order valence-electron chi connectivity index (χ1n) is 6.04. The van der Waals surface area contributed by atoms with Gasteiger partial charge in [0.2, 0.25) is 0 Å². The molecule has 2 aromatic carbocycles. The van der Waals surface area contributed by atoms with Crippen molar-refractivity contribution in [2.45, 2.75) is 5.41 Å². The van der Waals surface area contributed by atoms with E-state index >= 15 is 0 Å². The topological polar surface area (TPSA) is 0 Å². The van der Waals surface area contributed by atoms with E-state index in [-0.39, 0.29) is 5.41 Å². The molecule has 0 amide bonds. The molecule has 0 saturated carbocycles. The SMILES string of the molecule is C1=CC(c2ccccc2)(c2ccccc2)C=CS1. The molecular formula is C17H14S. The van der Waals surface area contributed by atoms with Crippen LogP contribution in [0.5, 0.6) is 0 Å². The lowest BCUT2D eigenvalue weighted by Crippen LogP contribution is -2.23. The minimum Gasteiger partial charge on any atom is -0.107 e. The van der Waals surface area contributed by atoms with Crippen molar-refractivity contribution in [3.63, 3.8) is 0 Å². The van der Waals surface area contributed by atoms with Crippen LogP contribution in [0.4, 0.5) is 0 Å². The summed E-state index contributed by atoms with van der Waals surface area (Å²) in [5.74, 6) is 0. The van der Waals surface area contributed by atoms with Gasteiger partial charge in [-0.3, -0.25) is 0 Å². The first-order chi connectivity index (χ1) is 8.92. The van der Waals surface area contributed by atoms with Crippen molar-refractivity contribution in [2.75, 3.05) is 0 Å². The molecule has 0 saturated heterocycles. The second-order valence-electron chi connectivity index (χ2n) is 4.34. The van der Waals surface area contributed by atoms with Gasteiger partial charge in [0, 0.05) is 0 Å². The maximum atomic E-state index is 2.28. The lowest BCUT2D eigenvalue weighted by Gasteiger charge is -2.30. The number of benzene rings is 2. The summed E-state index contributed by atoms with van der Waals surface area (Å²) in [6, 6.07) is 21.3. The molecule has 0 bridgehead atoms. The standard InChI is InChI=1S/C17H14S/c1-3-7-15(8-4-1)17(11-13-18-14-12-17)16-9-5-2-6-10-16/h1-14H. The Morgan fingerprint density at radius 1 is 0.611 bits per heavy atom. The molecule has 0 N–H and O–H groups in total. The van der Waals surface area contributed by atoms with E-state index < -0.39 is 0 Å². The zero-order valence-corrected chi connectivity index (χ0v) is 10.8. The molecule has 0 nitrogen and oxygen atoms in total. The highest BCUT2D eigenvalue weighted by Crippen LogP contribution is 2.39. The maximum absolute atomic E-state index is 2.28. The van der Waals surface area contributed by atoms with Crippen molar-refractivity contribution in [3.05, 3.63) is 94.8 Å². The molecule has 0 fully saturated rings. The van der Waals surface area contributed by atoms with E-state index in [0.717, 1.165) is 0 Å². The van der Waals surface area contributed by atoms with Crippen LogP contribution in [0.15, 0.2) is 83.6 Å². The Kier molecular flexibility index (Phi) is 3.07. The van der Waals surface area contributed by atoms with Crippen LogP contribution in [0.2, 0.25) is 0 Å². The fraction of sp³-hybridized carbons (Fsp3) is 0.0588. The van der Waals surface area contributed by atoms with E-state index in [9.17, 15) is 0 Å². The molecule has 0 spiro atoms. The molecule has 1 heterocycles. The van der Waals surface area contributed by atoms with E-state index in [0.29, 0.717) is 0 Å². The fourth-order valence-corrected chi connectivity index (χ4v) is 3.05. The Hall–Kier alpha value is -1.73. The molecule has 1 heteroatoms. The van der Waals surface area contributed by atoms with Crippen LogP contribution < -0.4 is 0 Å². The van der Waals surface area contributed by atoms with Gasteiger partial charge in [-0.05, 0) is 21.9 Å². The Morgan fingerprint density at radius 2 is 1.06 bits per heavy atom. The zero-order chi connectivity index (χ0) is 12.3. The number of thioether (sulfide) groups is 1. The van der Waals surface area contributed by atoms with Crippen LogP contribution in [0, 0.1) is 0 Å². The van der Waals surface area contributed by atoms with Crippen molar-refractivity contribution in [3.8, 4) is 0 Å². The maximum Gasteiger partial charge on any atom is 0.0578 e. The minimum absolute atomic E-state index is 0.117. The first-order valence-corrected chi connectivity index (χ1v) is 6.98. The molecular weight excluding hydrogens is 236 g/mol. The Bertz CT molecular complexity index is 514. The van der Waals surface area contributed by atoms with Crippen LogP contribution >= 0.6 is 11.8 Å². The van der Waals surface area contributed by atoms with Crippen molar-refractivity contribution >= 4 is 11.8 Å². The van der Waals surface area contributed by atoms with E-state index in [1.54, 1.807) is 11.8 Å². The van der Waals surface area contributed by atoms with Crippen LogP contribution in [0.25, 0.3) is 0 Å². The highest BCUT2D eigenvalue weighted by Gasteiger charge is 2.29. The summed E-state index contributed by atoms with van der Waals surface area (Å²) in [4.78, 5) is 0. The second kappa shape index (κ2) is 4.87. The van der Waals surface area contributed by atoms with Crippen molar-refractivity contribution < 1.29 is 0 Å². The van der Waals surface area contributed by atoms with E-state index in [1.165, 1.54) is 11.1 Å². The smallest absolute Gasteiger partial charge is 0.0578 e. The van der Waals surface area contributed by atoms with Gasteiger partial charge < -0.3 is 0 Å².